The van der Waals surface area contributed by atoms with Crippen molar-refractivity contribution in [2.24, 2.45) is 5.73 Å². The van der Waals surface area contributed by atoms with Crippen molar-refractivity contribution in [2.75, 3.05) is 6.61 Å². The molecule has 1 aliphatic carbocycles. The molecule has 0 heterocycles. The van der Waals surface area contributed by atoms with Gasteiger partial charge in [0, 0.05) is 12.6 Å². The van der Waals surface area contributed by atoms with E-state index in [1.165, 1.54) is 12.1 Å². The van der Waals surface area contributed by atoms with Crippen LogP contribution in [0.3, 0.4) is 0 Å². The Labute approximate surface area is 93.1 Å². The second-order valence-electron chi connectivity index (χ2n) is 4.29. The van der Waals surface area contributed by atoms with Gasteiger partial charge in [0.1, 0.15) is 0 Å². The van der Waals surface area contributed by atoms with Crippen molar-refractivity contribution in [3.8, 4) is 0 Å². The molecular formula is C12H15F2NO. The normalized spacial score (nSPS) is 20.9. The molecule has 0 saturated carbocycles. The fraction of sp³-hybridized carbons (Fsp3) is 0.500. The van der Waals surface area contributed by atoms with Gasteiger partial charge in [-0.05, 0) is 48.4 Å². The second kappa shape index (κ2) is 4.47. The molecule has 1 aromatic rings. The van der Waals surface area contributed by atoms with Gasteiger partial charge in [-0.2, -0.15) is 0 Å². The molecule has 16 heavy (non-hydrogen) atoms. The number of aryl methyl sites for hydroxylation is 1. The van der Waals surface area contributed by atoms with E-state index in [-0.39, 0.29) is 18.6 Å². The van der Waals surface area contributed by atoms with Crippen LogP contribution in [0.2, 0.25) is 0 Å². The quantitative estimate of drug-likeness (QED) is 0.825. The number of benzene rings is 1. The van der Waals surface area contributed by atoms with Gasteiger partial charge in [-0.25, -0.2) is 8.78 Å². The van der Waals surface area contributed by atoms with E-state index in [9.17, 15) is 8.78 Å². The van der Waals surface area contributed by atoms with Gasteiger partial charge in [-0.3, -0.25) is 0 Å². The van der Waals surface area contributed by atoms with Gasteiger partial charge in [0.15, 0.2) is 11.6 Å². The minimum absolute atomic E-state index is 0.0245. The first-order chi connectivity index (χ1) is 7.63. The lowest BCUT2D eigenvalue weighted by atomic mass is 9.92. The van der Waals surface area contributed by atoms with E-state index in [4.69, 9.17) is 10.8 Å². The van der Waals surface area contributed by atoms with Gasteiger partial charge in [0.05, 0.1) is 0 Å². The smallest absolute Gasteiger partial charge is 0.159 e. The molecule has 0 amide bonds. The number of aliphatic hydroxyl groups excluding tert-OH is 1. The third kappa shape index (κ3) is 1.95. The molecule has 2 rings (SSSR count). The molecule has 0 aromatic heterocycles. The maximum atomic E-state index is 13.1. The maximum Gasteiger partial charge on any atom is 0.159 e. The van der Waals surface area contributed by atoms with Gasteiger partial charge in [0.2, 0.25) is 0 Å². The lowest BCUT2D eigenvalue weighted by Gasteiger charge is -2.19. The van der Waals surface area contributed by atoms with Crippen LogP contribution >= 0.6 is 0 Å². The van der Waals surface area contributed by atoms with Crippen molar-refractivity contribution >= 4 is 0 Å². The SMILES string of the molecule is NC(CCO)C1CCc2cc(F)c(F)cc21. The Hall–Kier alpha value is -1.00. The van der Waals surface area contributed by atoms with Crippen LogP contribution in [-0.4, -0.2) is 17.8 Å². The predicted octanol–water partition coefficient (Wildman–Crippen LogP) is 1.70. The second-order valence-corrected chi connectivity index (χ2v) is 4.29. The summed E-state index contributed by atoms with van der Waals surface area (Å²) in [6.07, 6.45) is 2.03. The molecule has 0 saturated heterocycles. The molecular weight excluding hydrogens is 212 g/mol. The molecule has 3 N–H and O–H groups in total. The molecule has 2 nitrogen and oxygen atoms in total. The third-order valence-electron chi connectivity index (χ3n) is 3.29. The van der Waals surface area contributed by atoms with Crippen molar-refractivity contribution in [1.29, 1.82) is 0 Å². The average molecular weight is 227 g/mol. The highest BCUT2D eigenvalue weighted by atomic mass is 19.2. The van der Waals surface area contributed by atoms with Crippen molar-refractivity contribution in [2.45, 2.75) is 31.2 Å². The van der Waals surface area contributed by atoms with E-state index in [0.29, 0.717) is 6.42 Å². The van der Waals surface area contributed by atoms with Gasteiger partial charge >= 0.3 is 0 Å². The summed E-state index contributed by atoms with van der Waals surface area (Å²) >= 11 is 0. The number of rotatable bonds is 3. The summed E-state index contributed by atoms with van der Waals surface area (Å²) in [4.78, 5) is 0. The van der Waals surface area contributed by atoms with Crippen LogP contribution in [0.15, 0.2) is 12.1 Å². The number of fused-ring (bicyclic) bond motifs is 1. The Morgan fingerprint density at radius 2 is 2.06 bits per heavy atom. The molecule has 0 aliphatic heterocycles. The summed E-state index contributed by atoms with van der Waals surface area (Å²) in [5.74, 6) is -1.57. The Morgan fingerprint density at radius 3 is 2.75 bits per heavy atom. The lowest BCUT2D eigenvalue weighted by Crippen LogP contribution is -2.28. The van der Waals surface area contributed by atoms with Crippen molar-refractivity contribution in [1.82, 2.24) is 0 Å². The first-order valence-corrected chi connectivity index (χ1v) is 5.47. The van der Waals surface area contributed by atoms with Crippen molar-refractivity contribution in [3.63, 3.8) is 0 Å². The molecule has 4 heteroatoms. The van der Waals surface area contributed by atoms with Crippen LogP contribution in [-0.2, 0) is 6.42 Å². The van der Waals surface area contributed by atoms with Crippen molar-refractivity contribution in [3.05, 3.63) is 34.9 Å². The lowest BCUT2D eigenvalue weighted by molar-refractivity contribution is 0.267. The Balaban J connectivity index is 2.28. The largest absolute Gasteiger partial charge is 0.396 e. The van der Waals surface area contributed by atoms with Crippen LogP contribution in [0.25, 0.3) is 0 Å². The molecule has 1 aliphatic rings. The zero-order chi connectivity index (χ0) is 11.7. The number of nitrogens with two attached hydrogens (primary N) is 1. The summed E-state index contributed by atoms with van der Waals surface area (Å²) in [7, 11) is 0. The summed E-state index contributed by atoms with van der Waals surface area (Å²) < 4.78 is 26.1. The molecule has 2 atom stereocenters. The summed E-state index contributed by atoms with van der Waals surface area (Å²) in [6, 6.07) is 2.33. The van der Waals surface area contributed by atoms with Gasteiger partial charge in [0.25, 0.3) is 0 Å². The number of hydrogen-bond acceptors (Lipinski definition) is 2. The first kappa shape index (κ1) is 11.5. The fourth-order valence-corrected chi connectivity index (χ4v) is 2.43. The first-order valence-electron chi connectivity index (χ1n) is 5.47. The van der Waals surface area contributed by atoms with E-state index in [1.807, 2.05) is 0 Å². The Morgan fingerprint density at radius 1 is 1.38 bits per heavy atom. The van der Waals surface area contributed by atoms with E-state index >= 15 is 0 Å². The van der Waals surface area contributed by atoms with E-state index in [2.05, 4.69) is 0 Å². The minimum Gasteiger partial charge on any atom is -0.396 e. The van der Waals surface area contributed by atoms with E-state index in [1.54, 1.807) is 0 Å². The molecule has 2 unspecified atom stereocenters. The van der Waals surface area contributed by atoms with Gasteiger partial charge < -0.3 is 10.8 Å². The Kier molecular flexibility index (Phi) is 3.21. The number of hydrogen-bond donors (Lipinski definition) is 2. The molecule has 88 valence electrons. The van der Waals surface area contributed by atoms with Crippen LogP contribution in [0.4, 0.5) is 8.78 Å². The van der Waals surface area contributed by atoms with Gasteiger partial charge in [-0.15, -0.1) is 0 Å². The topological polar surface area (TPSA) is 46.2 Å². The summed E-state index contributed by atoms with van der Waals surface area (Å²) in [6.45, 7) is 0.0245. The van der Waals surface area contributed by atoms with E-state index < -0.39 is 11.6 Å². The summed E-state index contributed by atoms with van der Waals surface area (Å²) in [5.41, 5.74) is 7.57. The molecule has 0 bridgehead atoms. The standard InChI is InChI=1S/C12H15F2NO/c13-10-5-7-1-2-8(12(15)3-4-16)9(7)6-11(10)14/h5-6,8,12,16H,1-4,15H2. The van der Waals surface area contributed by atoms with Gasteiger partial charge in [-0.1, -0.05) is 0 Å². The monoisotopic (exact) mass is 227 g/mol. The van der Waals surface area contributed by atoms with Crippen LogP contribution in [0.1, 0.15) is 29.9 Å². The molecule has 0 fully saturated rings. The fourth-order valence-electron chi connectivity index (χ4n) is 2.43. The average Bonchev–Trinajstić information content (AvgIpc) is 2.62. The number of halogens is 2. The maximum absolute atomic E-state index is 13.1. The Bertz CT molecular complexity index is 395. The van der Waals surface area contributed by atoms with Crippen LogP contribution < -0.4 is 5.73 Å². The predicted molar refractivity (Wildman–Crippen MR) is 57.1 cm³/mol. The summed E-state index contributed by atoms with van der Waals surface area (Å²) in [5, 5.41) is 8.83. The van der Waals surface area contributed by atoms with Crippen molar-refractivity contribution < 1.29 is 13.9 Å². The molecule has 0 spiro atoms. The highest BCUT2D eigenvalue weighted by Crippen LogP contribution is 2.36. The third-order valence-corrected chi connectivity index (χ3v) is 3.29. The highest BCUT2D eigenvalue weighted by Gasteiger charge is 2.28. The van der Waals surface area contributed by atoms with E-state index in [0.717, 1.165) is 24.0 Å². The zero-order valence-electron chi connectivity index (χ0n) is 8.92. The van der Waals surface area contributed by atoms with Crippen LogP contribution in [0, 0.1) is 11.6 Å². The number of aliphatic hydroxyl groups is 1. The minimum atomic E-state index is -0.818. The molecule has 1 aromatic carbocycles. The zero-order valence-corrected chi connectivity index (χ0v) is 8.92. The molecule has 0 radical (unpaired) electrons. The van der Waals surface area contributed by atoms with Crippen LogP contribution in [0.5, 0.6) is 0 Å². The highest BCUT2D eigenvalue weighted by molar-refractivity contribution is 5.37.